The number of pyridine rings is 1. The van der Waals surface area contributed by atoms with Gasteiger partial charge in [0.2, 0.25) is 5.91 Å². The maximum absolute atomic E-state index is 12.1. The number of methoxy groups -OCH3 is 1. The summed E-state index contributed by atoms with van der Waals surface area (Å²) in [6, 6.07) is 3.38. The molecule has 0 spiro atoms. The van der Waals surface area contributed by atoms with Gasteiger partial charge >= 0.3 is 0 Å². The Bertz CT molecular complexity index is 577. The Morgan fingerprint density at radius 1 is 1.58 bits per heavy atom. The normalized spacial score (nSPS) is 26.7. The molecule has 0 radical (unpaired) electrons. The number of anilines is 1. The Morgan fingerprint density at radius 3 is 3.00 bits per heavy atom. The zero-order valence-electron chi connectivity index (χ0n) is 10.2. The van der Waals surface area contributed by atoms with Gasteiger partial charge in [0, 0.05) is 18.1 Å². The molecule has 1 aromatic heterocycles. The molecule has 0 saturated carbocycles. The van der Waals surface area contributed by atoms with Gasteiger partial charge < -0.3 is 10.1 Å². The molecule has 0 unspecified atom stereocenters. The maximum atomic E-state index is 12.1. The van der Waals surface area contributed by atoms with Crippen molar-refractivity contribution in [3.63, 3.8) is 0 Å². The van der Waals surface area contributed by atoms with E-state index >= 15 is 0 Å². The highest BCUT2D eigenvalue weighted by Crippen LogP contribution is 2.26. The van der Waals surface area contributed by atoms with Crippen molar-refractivity contribution < 1.29 is 9.53 Å². The second kappa shape index (κ2) is 4.83. The number of amides is 1. The van der Waals surface area contributed by atoms with Crippen LogP contribution in [0.3, 0.4) is 0 Å². The van der Waals surface area contributed by atoms with Crippen molar-refractivity contribution in [1.29, 1.82) is 0 Å². The van der Waals surface area contributed by atoms with Crippen molar-refractivity contribution in [3.05, 3.63) is 16.7 Å². The van der Waals surface area contributed by atoms with Crippen molar-refractivity contribution in [1.82, 2.24) is 10.3 Å². The molecule has 1 aromatic rings. The molecule has 98 valence electrons. The second-order valence-corrected chi connectivity index (χ2v) is 5.34. The molecule has 19 heavy (non-hydrogen) atoms. The Kier molecular flexibility index (Phi) is 3.17. The first kappa shape index (κ1) is 12.5. The smallest absolute Gasteiger partial charge is 0.242 e. The van der Waals surface area contributed by atoms with E-state index in [0.29, 0.717) is 22.1 Å². The summed E-state index contributed by atoms with van der Waals surface area (Å²) >= 11 is 3.28. The van der Waals surface area contributed by atoms with Crippen LogP contribution in [0.5, 0.6) is 5.75 Å². The van der Waals surface area contributed by atoms with E-state index in [2.05, 4.69) is 43.4 Å². The zero-order valence-corrected chi connectivity index (χ0v) is 11.8. The average molecular weight is 322 g/mol. The van der Waals surface area contributed by atoms with Crippen LogP contribution in [0.2, 0.25) is 0 Å². The van der Waals surface area contributed by atoms with Crippen LogP contribution in [0.15, 0.2) is 16.7 Å². The lowest BCUT2D eigenvalue weighted by molar-refractivity contribution is -0.117. The largest absolute Gasteiger partial charge is 0.497 e. The molecule has 2 heterocycles. The first-order chi connectivity index (χ1) is 9.15. The number of carbonyl (C=O) groups is 1. The number of hydrogen-bond donors (Lipinski definition) is 2. The predicted molar refractivity (Wildman–Crippen MR) is 73.7 cm³/mol. The van der Waals surface area contributed by atoms with Crippen LogP contribution in [-0.2, 0) is 4.79 Å². The lowest BCUT2D eigenvalue weighted by Gasteiger charge is -2.14. The fraction of sp³-hybridized carbons (Fsp3) is 0.385. The van der Waals surface area contributed by atoms with E-state index in [0.717, 1.165) is 6.42 Å². The summed E-state index contributed by atoms with van der Waals surface area (Å²) in [4.78, 5) is 16.3. The summed E-state index contributed by atoms with van der Waals surface area (Å²) in [5.41, 5.74) is 0. The SMILES string of the molecule is COc1cc(Br)nc(NC(=O)[C@@H]2C[C@H]3C#C[C@H]3N2)c1. The molecule has 1 aliphatic heterocycles. The summed E-state index contributed by atoms with van der Waals surface area (Å²) in [6.07, 6.45) is 0.759. The molecule has 1 fully saturated rings. The van der Waals surface area contributed by atoms with E-state index in [1.807, 2.05) is 0 Å². The number of nitrogens with zero attached hydrogens (tertiary/aromatic N) is 1. The fourth-order valence-corrected chi connectivity index (χ4v) is 2.64. The molecule has 0 bridgehead atoms. The van der Waals surface area contributed by atoms with Gasteiger partial charge in [-0.25, -0.2) is 4.98 Å². The molecule has 2 aliphatic rings. The van der Waals surface area contributed by atoms with Crippen LogP contribution < -0.4 is 15.4 Å². The summed E-state index contributed by atoms with van der Waals surface area (Å²) in [7, 11) is 1.57. The lowest BCUT2D eigenvalue weighted by atomic mass is 9.93. The number of rotatable bonds is 3. The Hall–Kier alpha value is -1.58. The number of ether oxygens (including phenoxy) is 1. The van der Waals surface area contributed by atoms with Crippen LogP contribution in [0.4, 0.5) is 5.82 Å². The second-order valence-electron chi connectivity index (χ2n) is 4.53. The molecule has 1 saturated heterocycles. The van der Waals surface area contributed by atoms with Gasteiger partial charge in [0.05, 0.1) is 19.2 Å². The Labute approximate surface area is 119 Å². The average Bonchev–Trinajstić information content (AvgIpc) is 2.64. The maximum Gasteiger partial charge on any atom is 0.242 e. The number of nitrogens with one attached hydrogen (secondary N) is 2. The first-order valence-electron chi connectivity index (χ1n) is 5.95. The van der Waals surface area contributed by atoms with E-state index in [1.54, 1.807) is 19.2 Å². The number of fused-ring (bicyclic) bond motifs is 1. The quantitative estimate of drug-likeness (QED) is 0.647. The van der Waals surface area contributed by atoms with Crippen molar-refractivity contribution >= 4 is 27.7 Å². The highest BCUT2D eigenvalue weighted by atomic mass is 79.9. The first-order valence-corrected chi connectivity index (χ1v) is 6.74. The molecule has 6 heteroatoms. The van der Waals surface area contributed by atoms with Gasteiger partial charge in [-0.2, -0.15) is 0 Å². The van der Waals surface area contributed by atoms with E-state index in [1.165, 1.54) is 0 Å². The van der Waals surface area contributed by atoms with E-state index in [4.69, 9.17) is 4.74 Å². The highest BCUT2D eigenvalue weighted by molar-refractivity contribution is 9.10. The lowest BCUT2D eigenvalue weighted by Crippen LogP contribution is -2.40. The minimum atomic E-state index is -0.218. The van der Waals surface area contributed by atoms with Crippen LogP contribution in [0.25, 0.3) is 0 Å². The van der Waals surface area contributed by atoms with Crippen LogP contribution in [0.1, 0.15) is 6.42 Å². The molecule has 1 aliphatic carbocycles. The van der Waals surface area contributed by atoms with Crippen LogP contribution >= 0.6 is 15.9 Å². The van der Waals surface area contributed by atoms with Gasteiger partial charge in [0.25, 0.3) is 0 Å². The Morgan fingerprint density at radius 2 is 2.42 bits per heavy atom. The fourth-order valence-electron chi connectivity index (χ4n) is 2.23. The van der Waals surface area contributed by atoms with Gasteiger partial charge in [-0.15, -0.1) is 0 Å². The molecule has 0 aromatic carbocycles. The zero-order chi connectivity index (χ0) is 13.4. The molecular weight excluding hydrogens is 310 g/mol. The number of hydrogen-bond acceptors (Lipinski definition) is 4. The number of halogens is 1. The minimum Gasteiger partial charge on any atom is -0.497 e. The van der Waals surface area contributed by atoms with Gasteiger partial charge in [-0.1, -0.05) is 11.8 Å². The third kappa shape index (κ3) is 2.44. The Balaban J connectivity index is 1.68. The molecule has 3 rings (SSSR count). The van der Waals surface area contributed by atoms with Gasteiger partial charge in [0.15, 0.2) is 0 Å². The van der Waals surface area contributed by atoms with E-state index in [-0.39, 0.29) is 18.0 Å². The summed E-state index contributed by atoms with van der Waals surface area (Å²) in [6.45, 7) is 0. The monoisotopic (exact) mass is 321 g/mol. The molecule has 2 N–H and O–H groups in total. The molecule has 1 amide bonds. The van der Waals surface area contributed by atoms with Crippen LogP contribution in [-0.4, -0.2) is 30.1 Å². The summed E-state index contributed by atoms with van der Waals surface area (Å²) in [5.74, 6) is 7.38. The summed E-state index contributed by atoms with van der Waals surface area (Å²) < 4.78 is 5.75. The third-order valence-corrected chi connectivity index (χ3v) is 3.67. The van der Waals surface area contributed by atoms with Gasteiger partial charge in [-0.05, 0) is 22.4 Å². The van der Waals surface area contributed by atoms with Crippen molar-refractivity contribution in [3.8, 4) is 17.6 Å². The molecular formula is C13H12BrN3O2. The van der Waals surface area contributed by atoms with Crippen molar-refractivity contribution in [2.24, 2.45) is 5.92 Å². The minimum absolute atomic E-state index is 0.0920. The third-order valence-electron chi connectivity index (χ3n) is 3.27. The topological polar surface area (TPSA) is 63.2 Å². The van der Waals surface area contributed by atoms with Gasteiger partial charge in [-0.3, -0.25) is 10.1 Å². The summed E-state index contributed by atoms with van der Waals surface area (Å²) in [5, 5.41) is 5.99. The van der Waals surface area contributed by atoms with E-state index in [9.17, 15) is 4.79 Å². The van der Waals surface area contributed by atoms with E-state index < -0.39 is 0 Å². The standard InChI is InChI=1S/C13H12BrN3O2/c1-19-8-5-11(14)16-12(6-8)17-13(18)10-4-7-2-3-9(7)15-10/h5-7,9-10,15H,4H2,1H3,(H,16,17,18)/t7-,9-,10+/m1/s1. The predicted octanol–water partition coefficient (Wildman–Crippen LogP) is 1.15. The number of carbonyl (C=O) groups excluding carboxylic acids is 1. The van der Waals surface area contributed by atoms with Crippen LogP contribution in [0, 0.1) is 17.8 Å². The highest BCUT2D eigenvalue weighted by Gasteiger charge is 2.39. The molecule has 3 atom stereocenters. The number of aromatic nitrogens is 1. The van der Waals surface area contributed by atoms with Crippen molar-refractivity contribution in [2.75, 3.05) is 12.4 Å². The van der Waals surface area contributed by atoms with Crippen molar-refractivity contribution in [2.45, 2.75) is 18.5 Å². The van der Waals surface area contributed by atoms with Gasteiger partial charge in [0.1, 0.15) is 16.2 Å². The molecule has 5 nitrogen and oxygen atoms in total.